The van der Waals surface area contributed by atoms with Gasteiger partial charge in [0.05, 0.1) is 18.1 Å². The van der Waals surface area contributed by atoms with Crippen LogP contribution in [0.3, 0.4) is 0 Å². The Morgan fingerprint density at radius 3 is 2.60 bits per heavy atom. The van der Waals surface area contributed by atoms with Crippen LogP contribution in [-0.2, 0) is 11.3 Å². The lowest BCUT2D eigenvalue weighted by atomic mass is 10.0. The third-order valence-corrected chi connectivity index (χ3v) is 6.64. The number of halogens is 2. The number of likely N-dealkylation sites (tertiary alicyclic amines) is 1. The van der Waals surface area contributed by atoms with E-state index in [0.717, 1.165) is 56.9 Å². The third kappa shape index (κ3) is 5.17. The molecule has 162 valence electrons. The van der Waals surface area contributed by atoms with Crippen molar-refractivity contribution in [3.05, 3.63) is 40.1 Å². The number of hydrogen-bond acceptors (Lipinski definition) is 5. The number of nitrogens with zero attached hydrogens (tertiary/aromatic N) is 4. The second kappa shape index (κ2) is 9.69. The predicted molar refractivity (Wildman–Crippen MR) is 119 cm³/mol. The van der Waals surface area contributed by atoms with E-state index in [1.807, 2.05) is 12.1 Å². The molecule has 8 heteroatoms. The minimum Gasteiger partial charge on any atom is -0.359 e. The molecule has 2 saturated heterocycles. The van der Waals surface area contributed by atoms with Gasteiger partial charge in [-0.2, -0.15) is 0 Å². The number of piperidine rings is 1. The smallest absolute Gasteiger partial charge is 0.236 e. The van der Waals surface area contributed by atoms with Crippen molar-refractivity contribution in [2.75, 3.05) is 39.3 Å². The molecule has 6 nitrogen and oxygen atoms in total. The molecule has 2 aromatic rings. The largest absolute Gasteiger partial charge is 0.359 e. The van der Waals surface area contributed by atoms with Crippen LogP contribution < -0.4 is 0 Å². The average Bonchev–Trinajstić information content (AvgIpc) is 3.18. The molecule has 0 spiro atoms. The minimum atomic E-state index is 0.273. The van der Waals surface area contributed by atoms with Crippen molar-refractivity contribution in [1.82, 2.24) is 19.9 Å². The van der Waals surface area contributed by atoms with E-state index < -0.39 is 0 Å². The Bertz CT molecular complexity index is 880. The summed E-state index contributed by atoms with van der Waals surface area (Å²) in [6, 6.07) is 7.66. The van der Waals surface area contributed by atoms with Gasteiger partial charge in [-0.15, -0.1) is 0 Å². The van der Waals surface area contributed by atoms with Gasteiger partial charge in [-0.05, 0) is 44.4 Å². The highest BCUT2D eigenvalue weighted by molar-refractivity contribution is 6.36. The second-order valence-corrected chi connectivity index (χ2v) is 9.13. The van der Waals surface area contributed by atoms with E-state index in [1.54, 1.807) is 12.1 Å². The van der Waals surface area contributed by atoms with Gasteiger partial charge in [0.2, 0.25) is 5.91 Å². The van der Waals surface area contributed by atoms with Crippen molar-refractivity contribution in [2.24, 2.45) is 0 Å². The molecular formula is C22H28Cl2N4O2. The summed E-state index contributed by atoms with van der Waals surface area (Å²) >= 11 is 12.2. The van der Waals surface area contributed by atoms with Gasteiger partial charge in [-0.1, -0.05) is 28.4 Å². The lowest BCUT2D eigenvalue weighted by molar-refractivity contribution is -0.136. The van der Waals surface area contributed by atoms with Crippen LogP contribution in [0, 0.1) is 0 Å². The molecule has 1 unspecified atom stereocenters. The Labute approximate surface area is 187 Å². The molecule has 30 heavy (non-hydrogen) atoms. The number of amides is 1. The van der Waals surface area contributed by atoms with Gasteiger partial charge < -0.3 is 9.42 Å². The summed E-state index contributed by atoms with van der Waals surface area (Å²) in [6.45, 7) is 7.88. The van der Waals surface area contributed by atoms with Crippen LogP contribution >= 0.6 is 23.2 Å². The molecule has 0 N–H and O–H groups in total. The summed E-state index contributed by atoms with van der Waals surface area (Å²) in [6.07, 6.45) is 3.49. The zero-order valence-corrected chi connectivity index (χ0v) is 18.8. The van der Waals surface area contributed by atoms with Gasteiger partial charge in [0, 0.05) is 55.4 Å². The van der Waals surface area contributed by atoms with Crippen LogP contribution in [-0.4, -0.2) is 71.1 Å². The maximum atomic E-state index is 12.7. The molecule has 1 aromatic carbocycles. The monoisotopic (exact) mass is 450 g/mol. The summed E-state index contributed by atoms with van der Waals surface area (Å²) < 4.78 is 5.53. The number of benzene rings is 1. The van der Waals surface area contributed by atoms with E-state index >= 15 is 0 Å². The third-order valence-electron chi connectivity index (χ3n) is 6.09. The van der Waals surface area contributed by atoms with Crippen molar-refractivity contribution in [3.8, 4) is 11.3 Å². The molecule has 2 aliphatic rings. The summed E-state index contributed by atoms with van der Waals surface area (Å²) in [5, 5.41) is 5.32. The van der Waals surface area contributed by atoms with Crippen molar-refractivity contribution in [1.29, 1.82) is 0 Å². The minimum absolute atomic E-state index is 0.273. The molecule has 0 saturated carbocycles. The highest BCUT2D eigenvalue weighted by Gasteiger charge is 2.26. The van der Waals surface area contributed by atoms with Crippen LogP contribution in [0.25, 0.3) is 11.3 Å². The SMILES string of the molecule is CC1CCCCN1C(=O)CN1CCN(Cc2cc(-c3ccc(Cl)cc3Cl)no2)CC1. The fraction of sp³-hybridized carbons (Fsp3) is 0.545. The molecule has 1 atom stereocenters. The van der Waals surface area contributed by atoms with Gasteiger partial charge >= 0.3 is 0 Å². The highest BCUT2D eigenvalue weighted by atomic mass is 35.5. The number of piperazine rings is 1. The topological polar surface area (TPSA) is 52.8 Å². The molecule has 2 aliphatic heterocycles. The molecular weight excluding hydrogens is 423 g/mol. The maximum absolute atomic E-state index is 12.7. The standard InChI is InChI=1S/C22H28Cl2N4O2/c1-16-4-2-3-7-28(16)22(29)15-27-10-8-26(9-11-27)14-18-13-21(25-30-18)19-6-5-17(23)12-20(19)24/h5-6,12-13,16H,2-4,7-11,14-15H2,1H3. The molecule has 1 amide bonds. The van der Waals surface area contributed by atoms with Crippen molar-refractivity contribution >= 4 is 29.1 Å². The molecule has 0 radical (unpaired) electrons. The quantitative estimate of drug-likeness (QED) is 0.683. The molecule has 4 rings (SSSR count). The molecule has 0 bridgehead atoms. The predicted octanol–water partition coefficient (Wildman–Crippen LogP) is 4.17. The fourth-order valence-electron chi connectivity index (χ4n) is 4.29. The first-order chi connectivity index (χ1) is 14.5. The number of carbonyl (C=O) groups is 1. The molecule has 2 fully saturated rings. The van der Waals surface area contributed by atoms with Crippen LogP contribution in [0.2, 0.25) is 10.0 Å². The summed E-state index contributed by atoms with van der Waals surface area (Å²) in [5.74, 6) is 1.08. The summed E-state index contributed by atoms with van der Waals surface area (Å²) in [4.78, 5) is 19.3. The van der Waals surface area contributed by atoms with E-state index in [9.17, 15) is 4.79 Å². The highest BCUT2D eigenvalue weighted by Crippen LogP contribution is 2.30. The summed E-state index contributed by atoms with van der Waals surface area (Å²) in [5.41, 5.74) is 1.53. The molecule has 0 aliphatic carbocycles. The molecule has 1 aromatic heterocycles. The van der Waals surface area contributed by atoms with E-state index in [-0.39, 0.29) is 5.91 Å². The first-order valence-corrected chi connectivity index (χ1v) is 11.4. The van der Waals surface area contributed by atoms with Crippen LogP contribution in [0.4, 0.5) is 0 Å². The van der Waals surface area contributed by atoms with Crippen molar-refractivity contribution in [2.45, 2.75) is 38.8 Å². The zero-order chi connectivity index (χ0) is 21.1. The number of aromatic nitrogens is 1. The number of hydrogen-bond donors (Lipinski definition) is 0. The molecule has 3 heterocycles. The Hall–Kier alpha value is -1.60. The zero-order valence-electron chi connectivity index (χ0n) is 17.3. The average molecular weight is 451 g/mol. The number of rotatable bonds is 5. The van der Waals surface area contributed by atoms with Crippen LogP contribution in [0.1, 0.15) is 31.9 Å². The lowest BCUT2D eigenvalue weighted by Crippen LogP contribution is -2.51. The Morgan fingerprint density at radius 2 is 1.87 bits per heavy atom. The first kappa shape index (κ1) is 21.6. The van der Waals surface area contributed by atoms with E-state index in [1.165, 1.54) is 6.42 Å². The summed E-state index contributed by atoms with van der Waals surface area (Å²) in [7, 11) is 0. The van der Waals surface area contributed by atoms with Crippen LogP contribution in [0.5, 0.6) is 0 Å². The van der Waals surface area contributed by atoms with Gasteiger partial charge in [0.1, 0.15) is 5.69 Å². The fourth-order valence-corrected chi connectivity index (χ4v) is 4.79. The normalized spacial score (nSPS) is 21.2. The van der Waals surface area contributed by atoms with Gasteiger partial charge in [0.15, 0.2) is 5.76 Å². The Kier molecular flexibility index (Phi) is 6.98. The van der Waals surface area contributed by atoms with E-state index in [0.29, 0.717) is 34.9 Å². The van der Waals surface area contributed by atoms with E-state index in [4.69, 9.17) is 27.7 Å². The lowest BCUT2D eigenvalue weighted by Gasteiger charge is -2.37. The van der Waals surface area contributed by atoms with E-state index in [2.05, 4.69) is 26.8 Å². The second-order valence-electron chi connectivity index (χ2n) is 8.29. The first-order valence-electron chi connectivity index (χ1n) is 10.6. The van der Waals surface area contributed by atoms with Crippen LogP contribution in [0.15, 0.2) is 28.8 Å². The number of carbonyl (C=O) groups excluding carboxylic acids is 1. The van der Waals surface area contributed by atoms with Gasteiger partial charge in [-0.3, -0.25) is 14.6 Å². The Balaban J connectivity index is 1.27. The van der Waals surface area contributed by atoms with Gasteiger partial charge in [-0.25, -0.2) is 0 Å². The van der Waals surface area contributed by atoms with Crippen molar-refractivity contribution in [3.63, 3.8) is 0 Å². The maximum Gasteiger partial charge on any atom is 0.236 e. The van der Waals surface area contributed by atoms with Gasteiger partial charge in [0.25, 0.3) is 0 Å². The van der Waals surface area contributed by atoms with Crippen molar-refractivity contribution < 1.29 is 9.32 Å². The Morgan fingerprint density at radius 1 is 1.10 bits per heavy atom.